The molecule has 1 aliphatic rings. The second-order valence-electron chi connectivity index (χ2n) is 4.34. The third-order valence-corrected chi connectivity index (χ3v) is 3.02. The molecule has 0 bridgehead atoms. The third kappa shape index (κ3) is 3.25. The smallest absolute Gasteiger partial charge is 0.240 e. The summed E-state index contributed by atoms with van der Waals surface area (Å²) < 4.78 is 26.8. The van der Waals surface area contributed by atoms with Crippen molar-refractivity contribution in [2.75, 3.05) is 6.54 Å². The minimum Gasteiger partial charge on any atom is -0.348 e. The topological polar surface area (TPSA) is 65.2 Å². The fourth-order valence-corrected chi connectivity index (χ4v) is 1.95. The maximum absolute atomic E-state index is 13.7. The molecule has 104 valence electrons. The minimum atomic E-state index is -0.550. The van der Waals surface area contributed by atoms with Crippen LogP contribution in [-0.4, -0.2) is 18.5 Å². The molecule has 2 atom stereocenters. The molecule has 0 aliphatic carbocycles. The van der Waals surface area contributed by atoms with Gasteiger partial charge in [-0.15, -0.1) is 0 Å². The van der Waals surface area contributed by atoms with E-state index in [-0.39, 0.29) is 11.5 Å². The zero-order valence-corrected chi connectivity index (χ0v) is 10.5. The van der Waals surface area contributed by atoms with Gasteiger partial charge in [-0.2, -0.15) is 5.53 Å². The largest absolute Gasteiger partial charge is 0.348 e. The summed E-state index contributed by atoms with van der Waals surface area (Å²) >= 11 is 0. The fourth-order valence-electron chi connectivity index (χ4n) is 1.95. The van der Waals surface area contributed by atoms with Crippen molar-refractivity contribution in [2.24, 2.45) is 0 Å². The van der Waals surface area contributed by atoms with Gasteiger partial charge in [-0.3, -0.25) is 4.79 Å². The summed E-state index contributed by atoms with van der Waals surface area (Å²) in [5.74, 6) is -1.32. The van der Waals surface area contributed by atoms with E-state index in [0.717, 1.165) is 18.2 Å². The number of hydrogen-bond donors (Lipinski definition) is 4. The van der Waals surface area contributed by atoms with Gasteiger partial charge in [0.2, 0.25) is 5.91 Å². The first-order chi connectivity index (χ1) is 9.11. The van der Waals surface area contributed by atoms with E-state index in [0.29, 0.717) is 13.0 Å². The number of rotatable bonds is 4. The maximum Gasteiger partial charge on any atom is 0.240 e. The summed E-state index contributed by atoms with van der Waals surface area (Å²) in [5.41, 5.74) is 8.24. The van der Waals surface area contributed by atoms with Gasteiger partial charge in [0, 0.05) is 12.1 Å². The van der Waals surface area contributed by atoms with E-state index >= 15 is 0 Å². The van der Waals surface area contributed by atoms with E-state index < -0.39 is 23.7 Å². The van der Waals surface area contributed by atoms with Gasteiger partial charge < -0.3 is 5.32 Å². The second-order valence-corrected chi connectivity index (χ2v) is 4.34. The average molecular weight is 270 g/mol. The molecule has 7 heteroatoms. The molecule has 1 amide bonds. The first kappa shape index (κ1) is 13.9. The van der Waals surface area contributed by atoms with Gasteiger partial charge in [0.25, 0.3) is 0 Å². The van der Waals surface area contributed by atoms with Crippen molar-refractivity contribution < 1.29 is 13.6 Å². The Morgan fingerprint density at radius 3 is 2.95 bits per heavy atom. The van der Waals surface area contributed by atoms with E-state index in [9.17, 15) is 13.6 Å². The normalized spacial score (nSPS) is 20.3. The number of carbonyl (C=O) groups is 1. The highest BCUT2D eigenvalue weighted by molar-refractivity contribution is 5.82. The third-order valence-electron chi connectivity index (χ3n) is 3.02. The average Bonchev–Trinajstić information content (AvgIpc) is 2.93. The molecule has 5 nitrogen and oxygen atoms in total. The summed E-state index contributed by atoms with van der Waals surface area (Å²) in [5, 5.41) is 2.70. The second kappa shape index (κ2) is 6.05. The number of hydrazine groups is 2. The number of carbonyl (C=O) groups excluding carboxylic acids is 1. The van der Waals surface area contributed by atoms with Crippen LogP contribution in [0.2, 0.25) is 0 Å². The molecule has 19 heavy (non-hydrogen) atoms. The molecule has 2 unspecified atom stereocenters. The Labute approximate surface area is 109 Å². The van der Waals surface area contributed by atoms with Crippen LogP contribution in [0.15, 0.2) is 18.2 Å². The van der Waals surface area contributed by atoms with Crippen molar-refractivity contribution in [3.05, 3.63) is 35.4 Å². The van der Waals surface area contributed by atoms with E-state index in [2.05, 4.69) is 21.7 Å². The molecule has 2 rings (SSSR count). The lowest BCUT2D eigenvalue weighted by atomic mass is 10.0. The van der Waals surface area contributed by atoms with Gasteiger partial charge >= 0.3 is 0 Å². The van der Waals surface area contributed by atoms with Crippen LogP contribution in [-0.2, 0) is 4.79 Å². The predicted molar refractivity (Wildman–Crippen MR) is 65.6 cm³/mol. The SMILES string of the molecule is CCC(NC(=O)C1CNNN1)c1cc(F)ccc1F. The summed E-state index contributed by atoms with van der Waals surface area (Å²) in [6.45, 7) is 2.22. The van der Waals surface area contributed by atoms with Gasteiger partial charge in [-0.05, 0) is 24.6 Å². The van der Waals surface area contributed by atoms with E-state index in [4.69, 9.17) is 0 Å². The fraction of sp³-hybridized carbons (Fsp3) is 0.417. The molecule has 4 N–H and O–H groups in total. The molecule has 1 saturated heterocycles. The van der Waals surface area contributed by atoms with Crippen LogP contribution in [0.5, 0.6) is 0 Å². The highest BCUT2D eigenvalue weighted by atomic mass is 19.1. The van der Waals surface area contributed by atoms with Crippen LogP contribution >= 0.6 is 0 Å². The Bertz CT molecular complexity index is 463. The van der Waals surface area contributed by atoms with Crippen molar-refractivity contribution >= 4 is 5.91 Å². The zero-order valence-electron chi connectivity index (χ0n) is 10.5. The van der Waals surface area contributed by atoms with Gasteiger partial charge in [-0.1, -0.05) is 6.92 Å². The van der Waals surface area contributed by atoms with Crippen molar-refractivity contribution in [3.63, 3.8) is 0 Å². The number of halogens is 2. The van der Waals surface area contributed by atoms with Crippen LogP contribution in [0, 0.1) is 11.6 Å². The van der Waals surface area contributed by atoms with Crippen molar-refractivity contribution in [2.45, 2.75) is 25.4 Å². The molecule has 0 radical (unpaired) electrons. The molecule has 0 aromatic heterocycles. The Hall–Kier alpha value is -1.57. The minimum absolute atomic E-state index is 0.162. The van der Waals surface area contributed by atoms with Crippen LogP contribution in [0.25, 0.3) is 0 Å². The quantitative estimate of drug-likeness (QED) is 0.644. The Morgan fingerprint density at radius 1 is 1.53 bits per heavy atom. The van der Waals surface area contributed by atoms with Gasteiger partial charge in [0.1, 0.15) is 17.7 Å². The standard InChI is InChI=1S/C12H16F2N4O/c1-2-10(8-5-7(13)3-4-9(8)14)16-12(19)11-6-15-18-17-11/h3-5,10-11,15,17-18H,2,6H2,1H3,(H,16,19). The summed E-state index contributed by atoms with van der Waals surface area (Å²) in [7, 11) is 0. The molecule has 1 aliphatic heterocycles. The Morgan fingerprint density at radius 2 is 2.32 bits per heavy atom. The first-order valence-corrected chi connectivity index (χ1v) is 6.10. The highest BCUT2D eigenvalue weighted by Gasteiger charge is 2.25. The molecule has 1 aromatic rings. The number of benzene rings is 1. The van der Waals surface area contributed by atoms with Crippen LogP contribution in [0.4, 0.5) is 8.78 Å². The lowest BCUT2D eigenvalue weighted by molar-refractivity contribution is -0.123. The summed E-state index contributed by atoms with van der Waals surface area (Å²) in [6, 6.07) is 2.25. The maximum atomic E-state index is 13.7. The number of nitrogens with one attached hydrogen (secondary N) is 4. The van der Waals surface area contributed by atoms with Crippen molar-refractivity contribution in [3.8, 4) is 0 Å². The molecular formula is C12H16F2N4O. The first-order valence-electron chi connectivity index (χ1n) is 6.10. The Kier molecular flexibility index (Phi) is 4.41. The lowest BCUT2D eigenvalue weighted by Gasteiger charge is -2.20. The zero-order chi connectivity index (χ0) is 13.8. The monoisotopic (exact) mass is 270 g/mol. The molecule has 1 fully saturated rings. The predicted octanol–water partition coefficient (Wildman–Crippen LogP) is 0.513. The summed E-state index contributed by atoms with van der Waals surface area (Å²) in [6.07, 6.45) is 0.472. The van der Waals surface area contributed by atoms with Gasteiger partial charge in [0.05, 0.1) is 6.04 Å². The molecular weight excluding hydrogens is 254 g/mol. The van der Waals surface area contributed by atoms with Crippen molar-refractivity contribution in [1.82, 2.24) is 21.7 Å². The summed E-state index contributed by atoms with van der Waals surface area (Å²) in [4.78, 5) is 11.9. The molecule has 0 spiro atoms. The molecule has 1 heterocycles. The van der Waals surface area contributed by atoms with E-state index in [1.807, 2.05) is 0 Å². The van der Waals surface area contributed by atoms with Gasteiger partial charge in [-0.25, -0.2) is 19.6 Å². The van der Waals surface area contributed by atoms with E-state index in [1.54, 1.807) is 6.92 Å². The highest BCUT2D eigenvalue weighted by Crippen LogP contribution is 2.21. The van der Waals surface area contributed by atoms with Crippen molar-refractivity contribution in [1.29, 1.82) is 0 Å². The van der Waals surface area contributed by atoms with E-state index in [1.165, 1.54) is 0 Å². The number of hydrogen-bond acceptors (Lipinski definition) is 4. The molecule has 1 aromatic carbocycles. The van der Waals surface area contributed by atoms with Crippen LogP contribution < -0.4 is 21.7 Å². The Balaban J connectivity index is 2.10. The molecule has 0 saturated carbocycles. The van der Waals surface area contributed by atoms with Crippen LogP contribution in [0.3, 0.4) is 0 Å². The lowest BCUT2D eigenvalue weighted by Crippen LogP contribution is -2.45. The van der Waals surface area contributed by atoms with Crippen LogP contribution in [0.1, 0.15) is 24.9 Å². The van der Waals surface area contributed by atoms with Gasteiger partial charge in [0.15, 0.2) is 0 Å². The number of amides is 1.